The topological polar surface area (TPSA) is 69.4 Å². The molecule has 0 saturated heterocycles. The van der Waals surface area contributed by atoms with Crippen molar-refractivity contribution in [2.45, 2.75) is 27.7 Å². The van der Waals surface area contributed by atoms with E-state index in [0.717, 1.165) is 5.76 Å². The highest BCUT2D eigenvalue weighted by Gasteiger charge is 2.24. The fraction of sp³-hybridized carbons (Fsp3) is 0.286. The van der Waals surface area contributed by atoms with Gasteiger partial charge in [0.2, 0.25) is 0 Å². The average Bonchev–Trinajstić information content (AvgIpc) is 3.04. The molecule has 0 aliphatic heterocycles. The van der Waals surface area contributed by atoms with Crippen molar-refractivity contribution in [2.24, 2.45) is 5.41 Å². The van der Waals surface area contributed by atoms with Crippen molar-refractivity contribution in [2.75, 3.05) is 6.61 Å². The molecule has 0 bridgehead atoms. The number of pyridine rings is 1. The van der Waals surface area contributed by atoms with Gasteiger partial charge >= 0.3 is 5.97 Å². The molecule has 134 valence electrons. The molecule has 0 spiro atoms. The summed E-state index contributed by atoms with van der Waals surface area (Å²) in [6.45, 7) is 6.97. The standard InChI is InChI=1S/C21H21NO4/c1-13-9-10-18(26-13)17-11-15(14-7-5-6-8-16(14)22-17)20(24)25-12-19(23)21(2,3)4/h5-11H,12H2,1-4H3. The van der Waals surface area contributed by atoms with Crippen LogP contribution in [0, 0.1) is 12.3 Å². The first-order valence-corrected chi connectivity index (χ1v) is 8.43. The van der Waals surface area contributed by atoms with Crippen LogP contribution in [0.15, 0.2) is 46.9 Å². The number of aromatic nitrogens is 1. The molecule has 3 rings (SSSR count). The molecule has 0 radical (unpaired) electrons. The zero-order valence-corrected chi connectivity index (χ0v) is 15.3. The van der Waals surface area contributed by atoms with E-state index in [-0.39, 0.29) is 12.4 Å². The molecule has 0 unspecified atom stereocenters. The van der Waals surface area contributed by atoms with E-state index >= 15 is 0 Å². The Balaban J connectivity index is 1.98. The number of aryl methyl sites for hydroxylation is 1. The molecule has 5 heteroatoms. The highest BCUT2D eigenvalue weighted by atomic mass is 16.5. The molecule has 5 nitrogen and oxygen atoms in total. The van der Waals surface area contributed by atoms with Crippen molar-refractivity contribution >= 4 is 22.7 Å². The summed E-state index contributed by atoms with van der Waals surface area (Å²) in [7, 11) is 0. The summed E-state index contributed by atoms with van der Waals surface area (Å²) in [6, 6.07) is 12.6. The molecular formula is C21H21NO4. The molecule has 0 saturated carbocycles. The molecule has 0 fully saturated rings. The Hall–Kier alpha value is -2.95. The Morgan fingerprint density at radius 2 is 1.85 bits per heavy atom. The summed E-state index contributed by atoms with van der Waals surface area (Å²) in [6.07, 6.45) is 0. The van der Waals surface area contributed by atoms with E-state index in [4.69, 9.17) is 9.15 Å². The molecule has 1 aromatic carbocycles. The number of hydrogen-bond donors (Lipinski definition) is 0. The maximum Gasteiger partial charge on any atom is 0.339 e. The van der Waals surface area contributed by atoms with Crippen LogP contribution in [0.4, 0.5) is 0 Å². The van der Waals surface area contributed by atoms with Crippen LogP contribution in [0.5, 0.6) is 0 Å². The minimum Gasteiger partial charge on any atom is -0.460 e. The lowest BCUT2D eigenvalue weighted by molar-refractivity contribution is -0.129. The predicted octanol–water partition coefficient (Wildman–Crippen LogP) is 4.58. The number of hydrogen-bond acceptors (Lipinski definition) is 5. The molecule has 3 aromatic rings. The Kier molecular flexibility index (Phi) is 4.64. The van der Waals surface area contributed by atoms with E-state index in [2.05, 4.69) is 4.98 Å². The van der Waals surface area contributed by atoms with Crippen LogP contribution in [-0.4, -0.2) is 23.3 Å². The second-order valence-electron chi connectivity index (χ2n) is 7.23. The number of Topliss-reactive ketones (excluding diaryl/α,β-unsaturated/α-hetero) is 1. The van der Waals surface area contributed by atoms with Crippen LogP contribution in [0.2, 0.25) is 0 Å². The van der Waals surface area contributed by atoms with Crippen molar-refractivity contribution in [1.29, 1.82) is 0 Å². The van der Waals surface area contributed by atoms with E-state index < -0.39 is 11.4 Å². The number of esters is 1. The van der Waals surface area contributed by atoms with Gasteiger partial charge in [-0.2, -0.15) is 0 Å². The Morgan fingerprint density at radius 1 is 1.12 bits per heavy atom. The summed E-state index contributed by atoms with van der Waals surface area (Å²) >= 11 is 0. The highest BCUT2D eigenvalue weighted by Crippen LogP contribution is 2.27. The number of fused-ring (bicyclic) bond motifs is 1. The van der Waals surface area contributed by atoms with Crippen molar-refractivity contribution in [1.82, 2.24) is 4.98 Å². The summed E-state index contributed by atoms with van der Waals surface area (Å²) in [5, 5.41) is 0.674. The molecule has 26 heavy (non-hydrogen) atoms. The summed E-state index contributed by atoms with van der Waals surface area (Å²) < 4.78 is 10.9. The smallest absolute Gasteiger partial charge is 0.339 e. The first-order chi connectivity index (χ1) is 12.3. The monoisotopic (exact) mass is 351 g/mol. The van der Waals surface area contributed by atoms with Gasteiger partial charge in [-0.25, -0.2) is 9.78 Å². The number of furan rings is 1. The van der Waals surface area contributed by atoms with E-state index in [9.17, 15) is 9.59 Å². The van der Waals surface area contributed by atoms with Gasteiger partial charge in [0.25, 0.3) is 0 Å². The van der Waals surface area contributed by atoms with Crippen LogP contribution in [0.25, 0.3) is 22.4 Å². The lowest BCUT2D eigenvalue weighted by atomic mass is 9.91. The Bertz CT molecular complexity index is 979. The molecule has 0 amide bonds. The molecule has 2 heterocycles. The van der Waals surface area contributed by atoms with Gasteiger partial charge < -0.3 is 9.15 Å². The van der Waals surface area contributed by atoms with Gasteiger partial charge in [-0.05, 0) is 31.2 Å². The lowest BCUT2D eigenvalue weighted by Crippen LogP contribution is -2.26. The Morgan fingerprint density at radius 3 is 2.50 bits per heavy atom. The van der Waals surface area contributed by atoms with Crippen molar-refractivity contribution in [3.8, 4) is 11.5 Å². The fourth-order valence-electron chi connectivity index (χ4n) is 2.47. The minimum absolute atomic E-state index is 0.133. The van der Waals surface area contributed by atoms with Gasteiger partial charge in [0, 0.05) is 10.8 Å². The van der Waals surface area contributed by atoms with Gasteiger partial charge in [-0.1, -0.05) is 39.0 Å². The van der Waals surface area contributed by atoms with Gasteiger partial charge in [-0.3, -0.25) is 4.79 Å². The Labute approximate surface area is 152 Å². The summed E-state index contributed by atoms with van der Waals surface area (Å²) in [5.41, 5.74) is 1.01. The number of rotatable bonds is 4. The van der Waals surface area contributed by atoms with Crippen LogP contribution in [0.3, 0.4) is 0 Å². The largest absolute Gasteiger partial charge is 0.460 e. The maximum absolute atomic E-state index is 12.6. The molecule has 0 aliphatic carbocycles. The highest BCUT2D eigenvalue weighted by molar-refractivity contribution is 6.05. The maximum atomic E-state index is 12.6. The molecule has 0 aliphatic rings. The van der Waals surface area contributed by atoms with Crippen molar-refractivity contribution < 1.29 is 18.7 Å². The number of ketones is 1. The third-order valence-corrected chi connectivity index (χ3v) is 4.10. The zero-order valence-electron chi connectivity index (χ0n) is 15.3. The van der Waals surface area contributed by atoms with E-state index in [0.29, 0.717) is 27.9 Å². The van der Waals surface area contributed by atoms with Gasteiger partial charge in [0.15, 0.2) is 18.2 Å². The van der Waals surface area contributed by atoms with Crippen LogP contribution in [0.1, 0.15) is 36.9 Å². The second kappa shape index (κ2) is 6.75. The number of nitrogens with zero attached hydrogens (tertiary/aromatic N) is 1. The minimum atomic E-state index is -0.558. The third kappa shape index (κ3) is 3.67. The molecule has 0 atom stereocenters. The first kappa shape index (κ1) is 17.9. The normalized spacial score (nSPS) is 11.5. The number of benzene rings is 1. The second-order valence-corrected chi connectivity index (χ2v) is 7.23. The van der Waals surface area contributed by atoms with E-state index in [1.807, 2.05) is 43.3 Å². The van der Waals surface area contributed by atoms with Crippen molar-refractivity contribution in [3.63, 3.8) is 0 Å². The molecule has 0 N–H and O–H groups in total. The number of para-hydroxylation sites is 1. The van der Waals surface area contributed by atoms with Crippen LogP contribution >= 0.6 is 0 Å². The average molecular weight is 351 g/mol. The number of ether oxygens (including phenoxy) is 1. The summed E-state index contributed by atoms with van der Waals surface area (Å²) in [5.74, 6) is 0.653. The zero-order chi connectivity index (χ0) is 18.9. The van der Waals surface area contributed by atoms with Gasteiger partial charge in [0.05, 0.1) is 11.1 Å². The molecular weight excluding hydrogens is 330 g/mol. The number of carbonyl (C=O) groups excluding carboxylic acids is 2. The predicted molar refractivity (Wildman–Crippen MR) is 98.9 cm³/mol. The SMILES string of the molecule is Cc1ccc(-c2cc(C(=O)OCC(=O)C(C)(C)C)c3ccccc3n2)o1. The number of carbonyl (C=O) groups is 2. The third-order valence-electron chi connectivity index (χ3n) is 4.10. The summed E-state index contributed by atoms with van der Waals surface area (Å²) in [4.78, 5) is 29.3. The van der Waals surface area contributed by atoms with E-state index in [1.54, 1.807) is 26.8 Å². The van der Waals surface area contributed by atoms with Crippen LogP contribution < -0.4 is 0 Å². The fourth-order valence-corrected chi connectivity index (χ4v) is 2.47. The van der Waals surface area contributed by atoms with E-state index in [1.165, 1.54) is 0 Å². The van der Waals surface area contributed by atoms with Crippen LogP contribution in [-0.2, 0) is 9.53 Å². The van der Waals surface area contributed by atoms with Crippen molar-refractivity contribution in [3.05, 3.63) is 53.8 Å². The first-order valence-electron chi connectivity index (χ1n) is 8.43. The van der Waals surface area contributed by atoms with Gasteiger partial charge in [-0.15, -0.1) is 0 Å². The molecule has 2 aromatic heterocycles. The lowest BCUT2D eigenvalue weighted by Gasteiger charge is -2.16. The van der Waals surface area contributed by atoms with Gasteiger partial charge in [0.1, 0.15) is 11.5 Å². The quantitative estimate of drug-likeness (QED) is 0.644.